The smallest absolute Gasteiger partial charge is 0.311 e. The van der Waals surface area contributed by atoms with E-state index in [0.29, 0.717) is 38.9 Å². The van der Waals surface area contributed by atoms with Crippen molar-refractivity contribution in [1.82, 2.24) is 0 Å². The molecule has 0 atom stereocenters. The summed E-state index contributed by atoms with van der Waals surface area (Å²) < 4.78 is 15.4. The fourth-order valence-electron chi connectivity index (χ4n) is 2.71. The standard InChI is InChI=1S/C18H24O5/c1-2-21-13-23-18(20)16-10-8-15(9-11-16)17(19)22-12-14-6-4-3-5-7-14/h3-7,15-16H,2,8-13H2,1H3. The second-order valence-electron chi connectivity index (χ2n) is 5.72. The maximum atomic E-state index is 12.1. The van der Waals surface area contributed by atoms with Gasteiger partial charge in [-0.1, -0.05) is 30.3 Å². The molecule has 0 radical (unpaired) electrons. The molecule has 0 aromatic heterocycles. The van der Waals surface area contributed by atoms with Crippen LogP contribution in [0.5, 0.6) is 0 Å². The fraction of sp³-hybridized carbons (Fsp3) is 0.556. The predicted molar refractivity (Wildman–Crippen MR) is 84.3 cm³/mol. The molecule has 0 amide bonds. The van der Waals surface area contributed by atoms with Gasteiger partial charge in [-0.25, -0.2) is 0 Å². The number of hydrogen-bond acceptors (Lipinski definition) is 5. The molecule has 0 bridgehead atoms. The Balaban J connectivity index is 1.69. The molecule has 0 unspecified atom stereocenters. The second kappa shape index (κ2) is 9.30. The van der Waals surface area contributed by atoms with E-state index in [0.717, 1.165) is 5.56 Å². The zero-order chi connectivity index (χ0) is 16.5. The Hall–Kier alpha value is -1.88. The van der Waals surface area contributed by atoms with E-state index in [9.17, 15) is 9.59 Å². The first-order chi connectivity index (χ1) is 11.2. The van der Waals surface area contributed by atoms with E-state index in [2.05, 4.69) is 0 Å². The van der Waals surface area contributed by atoms with Gasteiger partial charge in [-0.15, -0.1) is 0 Å². The highest BCUT2D eigenvalue weighted by Crippen LogP contribution is 2.30. The lowest BCUT2D eigenvalue weighted by molar-refractivity contribution is -0.164. The van der Waals surface area contributed by atoms with Crippen molar-refractivity contribution in [2.24, 2.45) is 11.8 Å². The highest BCUT2D eigenvalue weighted by atomic mass is 16.7. The molecule has 0 saturated heterocycles. The van der Waals surface area contributed by atoms with Gasteiger partial charge >= 0.3 is 11.9 Å². The molecular weight excluding hydrogens is 296 g/mol. The third kappa shape index (κ3) is 5.67. The molecule has 5 heteroatoms. The van der Waals surface area contributed by atoms with Gasteiger partial charge in [-0.3, -0.25) is 9.59 Å². The number of esters is 2. The van der Waals surface area contributed by atoms with Crippen LogP contribution >= 0.6 is 0 Å². The minimum Gasteiger partial charge on any atom is -0.461 e. The summed E-state index contributed by atoms with van der Waals surface area (Å²) in [6.45, 7) is 2.68. The van der Waals surface area contributed by atoms with Crippen LogP contribution in [0.4, 0.5) is 0 Å². The van der Waals surface area contributed by atoms with Crippen LogP contribution in [0.3, 0.4) is 0 Å². The maximum Gasteiger partial charge on any atom is 0.311 e. The van der Waals surface area contributed by atoms with Crippen LogP contribution in [0.15, 0.2) is 30.3 Å². The average Bonchev–Trinajstić information content (AvgIpc) is 2.61. The lowest BCUT2D eigenvalue weighted by Gasteiger charge is -2.25. The first-order valence-electron chi connectivity index (χ1n) is 8.15. The fourth-order valence-corrected chi connectivity index (χ4v) is 2.71. The normalized spacial score (nSPS) is 20.7. The first kappa shape index (κ1) is 17.5. The third-order valence-corrected chi connectivity index (χ3v) is 4.11. The van der Waals surface area contributed by atoms with Crippen molar-refractivity contribution in [3.05, 3.63) is 35.9 Å². The molecule has 5 nitrogen and oxygen atoms in total. The van der Waals surface area contributed by atoms with Gasteiger partial charge in [-0.05, 0) is 38.2 Å². The van der Waals surface area contributed by atoms with Crippen LogP contribution in [0.2, 0.25) is 0 Å². The summed E-state index contributed by atoms with van der Waals surface area (Å²) in [5, 5.41) is 0. The van der Waals surface area contributed by atoms with E-state index >= 15 is 0 Å². The Labute approximate surface area is 136 Å². The van der Waals surface area contributed by atoms with E-state index < -0.39 is 0 Å². The highest BCUT2D eigenvalue weighted by molar-refractivity contribution is 5.75. The molecule has 0 spiro atoms. The van der Waals surface area contributed by atoms with Crippen LogP contribution in [0, 0.1) is 11.8 Å². The van der Waals surface area contributed by atoms with E-state index in [4.69, 9.17) is 14.2 Å². The molecule has 1 aromatic carbocycles. The Morgan fingerprint density at radius 3 is 2.09 bits per heavy atom. The van der Waals surface area contributed by atoms with Crippen molar-refractivity contribution in [2.45, 2.75) is 39.2 Å². The zero-order valence-corrected chi connectivity index (χ0v) is 13.5. The summed E-state index contributed by atoms with van der Waals surface area (Å²) in [5.41, 5.74) is 0.981. The van der Waals surface area contributed by atoms with E-state index in [1.54, 1.807) is 0 Å². The van der Waals surface area contributed by atoms with Crippen molar-refractivity contribution in [3.8, 4) is 0 Å². The quantitative estimate of drug-likeness (QED) is 0.439. The molecule has 23 heavy (non-hydrogen) atoms. The van der Waals surface area contributed by atoms with Crippen LogP contribution < -0.4 is 0 Å². The number of rotatable bonds is 7. The Morgan fingerprint density at radius 2 is 1.52 bits per heavy atom. The van der Waals surface area contributed by atoms with Crippen LogP contribution in [-0.2, 0) is 30.4 Å². The van der Waals surface area contributed by atoms with Gasteiger partial charge < -0.3 is 14.2 Å². The van der Waals surface area contributed by atoms with Gasteiger partial charge in [0, 0.05) is 6.61 Å². The molecule has 1 aliphatic carbocycles. The largest absolute Gasteiger partial charge is 0.461 e. The van der Waals surface area contributed by atoms with Crippen LogP contribution in [0.1, 0.15) is 38.2 Å². The summed E-state index contributed by atoms with van der Waals surface area (Å²) in [6.07, 6.45) is 2.66. The highest BCUT2D eigenvalue weighted by Gasteiger charge is 2.31. The zero-order valence-electron chi connectivity index (χ0n) is 13.5. The summed E-state index contributed by atoms with van der Waals surface area (Å²) in [4.78, 5) is 23.9. The summed E-state index contributed by atoms with van der Waals surface area (Å²) in [6, 6.07) is 9.62. The van der Waals surface area contributed by atoms with E-state index in [1.807, 2.05) is 37.3 Å². The molecule has 1 fully saturated rings. The lowest BCUT2D eigenvalue weighted by Crippen LogP contribution is -2.28. The van der Waals surface area contributed by atoms with Crippen molar-refractivity contribution in [1.29, 1.82) is 0 Å². The Bertz CT molecular complexity index is 491. The molecule has 1 aliphatic rings. The SMILES string of the molecule is CCOCOC(=O)C1CCC(C(=O)OCc2ccccc2)CC1. The monoisotopic (exact) mass is 320 g/mol. The minimum atomic E-state index is -0.227. The Morgan fingerprint density at radius 1 is 0.957 bits per heavy atom. The Kier molecular flexibility index (Phi) is 7.07. The topological polar surface area (TPSA) is 61.8 Å². The summed E-state index contributed by atoms with van der Waals surface area (Å²) >= 11 is 0. The molecule has 2 rings (SSSR count). The predicted octanol–water partition coefficient (Wildman–Crippen LogP) is 3.07. The van der Waals surface area contributed by atoms with Crippen molar-refractivity contribution in [2.75, 3.05) is 13.4 Å². The van der Waals surface area contributed by atoms with Gasteiger partial charge in [-0.2, -0.15) is 0 Å². The molecule has 1 aromatic rings. The molecule has 1 saturated carbocycles. The first-order valence-corrected chi connectivity index (χ1v) is 8.15. The maximum absolute atomic E-state index is 12.1. The van der Waals surface area contributed by atoms with Gasteiger partial charge in [0.2, 0.25) is 0 Å². The number of benzene rings is 1. The van der Waals surface area contributed by atoms with E-state index in [-0.39, 0.29) is 30.6 Å². The number of ether oxygens (including phenoxy) is 3. The van der Waals surface area contributed by atoms with Gasteiger partial charge in [0.1, 0.15) is 6.61 Å². The lowest BCUT2D eigenvalue weighted by atomic mass is 9.82. The van der Waals surface area contributed by atoms with E-state index in [1.165, 1.54) is 0 Å². The van der Waals surface area contributed by atoms with Crippen molar-refractivity contribution < 1.29 is 23.8 Å². The third-order valence-electron chi connectivity index (χ3n) is 4.11. The molecular formula is C18H24O5. The van der Waals surface area contributed by atoms with Gasteiger partial charge in [0.05, 0.1) is 11.8 Å². The van der Waals surface area contributed by atoms with Gasteiger partial charge in [0.25, 0.3) is 0 Å². The second-order valence-corrected chi connectivity index (χ2v) is 5.72. The number of carbonyl (C=O) groups excluding carboxylic acids is 2. The molecule has 0 N–H and O–H groups in total. The van der Waals surface area contributed by atoms with Crippen molar-refractivity contribution in [3.63, 3.8) is 0 Å². The average molecular weight is 320 g/mol. The molecule has 0 aliphatic heterocycles. The van der Waals surface area contributed by atoms with Gasteiger partial charge in [0.15, 0.2) is 6.79 Å². The van der Waals surface area contributed by atoms with Crippen molar-refractivity contribution >= 4 is 11.9 Å². The number of hydrogen-bond donors (Lipinski definition) is 0. The summed E-state index contributed by atoms with van der Waals surface area (Å²) in [7, 11) is 0. The van der Waals surface area contributed by atoms with Crippen LogP contribution in [-0.4, -0.2) is 25.3 Å². The molecule has 0 heterocycles. The minimum absolute atomic E-state index is 0.00831. The van der Waals surface area contributed by atoms with Crippen LogP contribution in [0.25, 0.3) is 0 Å². The number of carbonyl (C=O) groups is 2. The molecule has 126 valence electrons. The summed E-state index contributed by atoms with van der Waals surface area (Å²) in [5.74, 6) is -0.646.